The molecule has 3 atom stereocenters. The van der Waals surface area contributed by atoms with E-state index in [2.05, 4.69) is 24.5 Å². The number of hydrogen-bond donors (Lipinski definition) is 4. The van der Waals surface area contributed by atoms with Gasteiger partial charge in [0.05, 0.1) is 12.1 Å². The number of aliphatic hydroxyl groups excluding tert-OH is 1. The summed E-state index contributed by atoms with van der Waals surface area (Å²) in [6.45, 7) is 6.53. The predicted octanol–water partition coefficient (Wildman–Crippen LogP) is 3.31. The third-order valence-electron chi connectivity index (χ3n) is 4.25. The van der Waals surface area contributed by atoms with E-state index >= 15 is 0 Å². The molecule has 0 bridgehead atoms. The highest BCUT2D eigenvalue weighted by Gasteiger charge is 2.22. The van der Waals surface area contributed by atoms with Crippen molar-refractivity contribution >= 4 is 6.09 Å². The number of hydrogen-bond acceptors (Lipinski definition) is 3. The summed E-state index contributed by atoms with van der Waals surface area (Å²) in [6.07, 6.45) is 0.827. The number of amides is 1. The van der Waals surface area contributed by atoms with Crippen LogP contribution in [0.15, 0.2) is 18.2 Å². The highest BCUT2D eigenvalue weighted by Crippen LogP contribution is 2.12. The summed E-state index contributed by atoms with van der Waals surface area (Å²) in [7, 11) is 0. The van der Waals surface area contributed by atoms with Gasteiger partial charge in [-0.1, -0.05) is 26.7 Å². The molecule has 0 aliphatic heterocycles. The van der Waals surface area contributed by atoms with Crippen molar-refractivity contribution in [2.24, 2.45) is 5.92 Å². The smallest absolute Gasteiger partial charge is 0.404 e. The Balaban J connectivity index is 2.59. The zero-order valence-electron chi connectivity index (χ0n) is 15.6. The SMILES string of the molecule is CC(C)CCCC(C)NC[C@H](O)[C@H](Cc1cc(F)cc(F)c1)NC(=O)O. The number of nitrogens with one attached hydrogen (secondary N) is 2. The molecule has 0 heterocycles. The molecule has 0 aromatic heterocycles. The molecule has 0 radical (unpaired) electrons. The van der Waals surface area contributed by atoms with Crippen LogP contribution in [-0.2, 0) is 6.42 Å². The van der Waals surface area contributed by atoms with Gasteiger partial charge in [-0.2, -0.15) is 0 Å². The molecule has 7 heteroatoms. The van der Waals surface area contributed by atoms with E-state index in [1.54, 1.807) is 0 Å². The highest BCUT2D eigenvalue weighted by atomic mass is 19.1. The molecule has 0 aliphatic rings. The standard InChI is InChI=1S/C19H30F2N2O3/c1-12(2)5-4-6-13(3)22-11-18(24)17(23-19(25)26)9-14-7-15(20)10-16(21)8-14/h7-8,10,12-13,17-18,22-24H,4-6,9,11H2,1-3H3,(H,25,26)/t13?,17-,18-/m0/s1. The van der Waals surface area contributed by atoms with Gasteiger partial charge >= 0.3 is 6.09 Å². The van der Waals surface area contributed by atoms with Crippen LogP contribution in [0.4, 0.5) is 13.6 Å². The van der Waals surface area contributed by atoms with Crippen molar-refractivity contribution in [3.63, 3.8) is 0 Å². The second kappa shape index (κ2) is 11.1. The van der Waals surface area contributed by atoms with Crippen LogP contribution < -0.4 is 10.6 Å². The van der Waals surface area contributed by atoms with Crippen molar-refractivity contribution in [3.8, 4) is 0 Å². The molecule has 0 aliphatic carbocycles. The third-order valence-corrected chi connectivity index (χ3v) is 4.25. The second-order valence-corrected chi connectivity index (χ2v) is 7.24. The minimum absolute atomic E-state index is 0.00838. The molecule has 1 aromatic carbocycles. The van der Waals surface area contributed by atoms with Crippen LogP contribution in [0.2, 0.25) is 0 Å². The Morgan fingerprint density at radius 2 is 1.73 bits per heavy atom. The van der Waals surface area contributed by atoms with Gasteiger partial charge in [-0.05, 0) is 43.4 Å². The molecule has 1 aromatic rings. The average molecular weight is 372 g/mol. The van der Waals surface area contributed by atoms with Gasteiger partial charge in [0, 0.05) is 18.7 Å². The zero-order valence-corrected chi connectivity index (χ0v) is 15.6. The first kappa shape index (κ1) is 22.3. The molecule has 26 heavy (non-hydrogen) atoms. The van der Waals surface area contributed by atoms with Crippen molar-refractivity contribution in [1.82, 2.24) is 10.6 Å². The van der Waals surface area contributed by atoms with E-state index < -0.39 is 29.9 Å². The molecule has 1 unspecified atom stereocenters. The first-order valence-electron chi connectivity index (χ1n) is 9.03. The molecule has 5 nitrogen and oxygen atoms in total. The van der Waals surface area contributed by atoms with Crippen molar-refractivity contribution < 1.29 is 23.8 Å². The Kier molecular flexibility index (Phi) is 9.51. The second-order valence-electron chi connectivity index (χ2n) is 7.24. The number of aliphatic hydroxyl groups is 1. The van der Waals surface area contributed by atoms with Gasteiger partial charge in [0.1, 0.15) is 11.6 Å². The lowest BCUT2D eigenvalue weighted by molar-refractivity contribution is 0.115. The summed E-state index contributed by atoms with van der Waals surface area (Å²) in [5, 5.41) is 24.7. The van der Waals surface area contributed by atoms with Crippen LogP contribution in [0, 0.1) is 17.6 Å². The largest absolute Gasteiger partial charge is 0.465 e. The third kappa shape index (κ3) is 9.10. The molecule has 0 spiro atoms. The normalized spacial score (nSPS) is 14.9. The fourth-order valence-electron chi connectivity index (χ4n) is 2.82. The summed E-state index contributed by atoms with van der Waals surface area (Å²) in [5.74, 6) is -0.829. The molecular formula is C19H30F2N2O3. The van der Waals surface area contributed by atoms with Gasteiger partial charge in [-0.3, -0.25) is 0 Å². The zero-order chi connectivity index (χ0) is 19.7. The molecule has 148 valence electrons. The molecular weight excluding hydrogens is 342 g/mol. The summed E-state index contributed by atoms with van der Waals surface area (Å²) in [6, 6.07) is 2.33. The highest BCUT2D eigenvalue weighted by molar-refractivity contribution is 5.65. The number of carbonyl (C=O) groups is 1. The van der Waals surface area contributed by atoms with Crippen LogP contribution in [0.25, 0.3) is 0 Å². The van der Waals surface area contributed by atoms with E-state index in [1.807, 2.05) is 6.92 Å². The molecule has 0 saturated carbocycles. The van der Waals surface area contributed by atoms with Gasteiger partial charge in [0.2, 0.25) is 0 Å². The monoisotopic (exact) mass is 372 g/mol. The van der Waals surface area contributed by atoms with Gasteiger partial charge in [0.15, 0.2) is 0 Å². The molecule has 1 rings (SSSR count). The van der Waals surface area contributed by atoms with Gasteiger partial charge in [0.25, 0.3) is 0 Å². The molecule has 0 saturated heterocycles. The van der Waals surface area contributed by atoms with Crippen molar-refractivity contribution in [3.05, 3.63) is 35.4 Å². The van der Waals surface area contributed by atoms with E-state index in [4.69, 9.17) is 5.11 Å². The van der Waals surface area contributed by atoms with Crippen LogP contribution in [0.3, 0.4) is 0 Å². The molecule has 1 amide bonds. The number of carboxylic acid groups (broad SMARTS) is 1. The van der Waals surface area contributed by atoms with Gasteiger partial charge in [-0.25, -0.2) is 13.6 Å². The lowest BCUT2D eigenvalue weighted by Gasteiger charge is -2.25. The fourth-order valence-corrected chi connectivity index (χ4v) is 2.82. The van der Waals surface area contributed by atoms with E-state index in [0.717, 1.165) is 37.5 Å². The molecule has 4 N–H and O–H groups in total. The van der Waals surface area contributed by atoms with Crippen LogP contribution >= 0.6 is 0 Å². The Hall–Kier alpha value is -1.73. The van der Waals surface area contributed by atoms with E-state index in [1.165, 1.54) is 0 Å². The maximum atomic E-state index is 13.3. The van der Waals surface area contributed by atoms with E-state index in [-0.39, 0.29) is 24.6 Å². The molecule has 0 fully saturated rings. The topological polar surface area (TPSA) is 81.6 Å². The quantitative estimate of drug-likeness (QED) is 0.480. The summed E-state index contributed by atoms with van der Waals surface area (Å²) in [4.78, 5) is 11.0. The predicted molar refractivity (Wildman–Crippen MR) is 97.2 cm³/mol. The van der Waals surface area contributed by atoms with Crippen molar-refractivity contribution in [2.75, 3.05) is 6.54 Å². The maximum absolute atomic E-state index is 13.3. The van der Waals surface area contributed by atoms with Gasteiger partial charge in [-0.15, -0.1) is 0 Å². The number of benzene rings is 1. The van der Waals surface area contributed by atoms with E-state index in [0.29, 0.717) is 5.92 Å². The average Bonchev–Trinajstić information content (AvgIpc) is 2.50. The number of rotatable bonds is 11. The summed E-state index contributed by atoms with van der Waals surface area (Å²) < 4.78 is 26.6. The van der Waals surface area contributed by atoms with Crippen LogP contribution in [0.1, 0.15) is 45.6 Å². The fraction of sp³-hybridized carbons (Fsp3) is 0.632. The first-order valence-corrected chi connectivity index (χ1v) is 9.03. The Bertz CT molecular complexity index is 549. The van der Waals surface area contributed by atoms with Crippen LogP contribution in [-0.4, -0.2) is 41.0 Å². The lowest BCUT2D eigenvalue weighted by Crippen LogP contribution is -2.49. The Morgan fingerprint density at radius 1 is 1.12 bits per heavy atom. The number of halogens is 2. The van der Waals surface area contributed by atoms with Crippen LogP contribution in [0.5, 0.6) is 0 Å². The Labute approximate surface area is 153 Å². The van der Waals surface area contributed by atoms with Gasteiger partial charge < -0.3 is 20.8 Å². The minimum Gasteiger partial charge on any atom is -0.465 e. The van der Waals surface area contributed by atoms with Crippen molar-refractivity contribution in [1.29, 1.82) is 0 Å². The summed E-state index contributed by atoms with van der Waals surface area (Å²) >= 11 is 0. The van der Waals surface area contributed by atoms with E-state index in [9.17, 15) is 18.7 Å². The maximum Gasteiger partial charge on any atom is 0.404 e. The lowest BCUT2D eigenvalue weighted by atomic mass is 10.00. The Morgan fingerprint density at radius 3 is 2.27 bits per heavy atom. The minimum atomic E-state index is -1.30. The first-order chi connectivity index (χ1) is 12.2. The summed E-state index contributed by atoms with van der Waals surface area (Å²) in [5.41, 5.74) is 0.283. The van der Waals surface area contributed by atoms with Crippen molar-refractivity contribution in [2.45, 2.75) is 64.6 Å².